The molecule has 0 radical (unpaired) electrons. The van der Waals surface area contributed by atoms with Crippen molar-refractivity contribution in [2.45, 2.75) is 45.2 Å². The van der Waals surface area contributed by atoms with E-state index in [9.17, 15) is 22.0 Å². The maximum absolute atomic E-state index is 14.2. The number of fused-ring (bicyclic) bond motifs is 1. The van der Waals surface area contributed by atoms with Crippen LogP contribution in [0.2, 0.25) is 0 Å². The Kier molecular flexibility index (Phi) is 6.07. The molecule has 2 fully saturated rings. The van der Waals surface area contributed by atoms with Gasteiger partial charge in [0.25, 0.3) is 0 Å². The van der Waals surface area contributed by atoms with E-state index in [1.165, 1.54) is 15.5 Å². The van der Waals surface area contributed by atoms with Crippen molar-refractivity contribution >= 4 is 32.7 Å². The van der Waals surface area contributed by atoms with Gasteiger partial charge in [0.15, 0.2) is 0 Å². The molecule has 39 heavy (non-hydrogen) atoms. The minimum atomic E-state index is -3.40. The third kappa shape index (κ3) is 4.41. The van der Waals surface area contributed by atoms with Crippen molar-refractivity contribution in [3.63, 3.8) is 0 Å². The molecular weight excluding hydrogens is 528 g/mol. The minimum Gasteiger partial charge on any atom is -0.361 e. The molecule has 0 N–H and O–H groups in total. The molecule has 2 saturated heterocycles. The first-order chi connectivity index (χ1) is 18.5. The van der Waals surface area contributed by atoms with Gasteiger partial charge in [-0.3, -0.25) is 4.79 Å². The summed E-state index contributed by atoms with van der Waals surface area (Å²) in [4.78, 5) is 19.4. The number of imidazole rings is 1. The quantitative estimate of drug-likeness (QED) is 0.355. The van der Waals surface area contributed by atoms with Crippen LogP contribution in [0.5, 0.6) is 0 Å². The van der Waals surface area contributed by atoms with Crippen molar-refractivity contribution in [2.75, 3.05) is 24.2 Å². The Morgan fingerprint density at radius 1 is 1.05 bits per heavy atom. The summed E-state index contributed by atoms with van der Waals surface area (Å²) in [7, 11) is -3.40. The highest BCUT2D eigenvalue weighted by Crippen LogP contribution is 2.41. The van der Waals surface area contributed by atoms with Gasteiger partial charge in [0, 0.05) is 31.1 Å². The number of nitrogens with zero attached hydrogens (tertiary/aromatic N) is 5. The van der Waals surface area contributed by atoms with Gasteiger partial charge in [-0.15, -0.1) is 0 Å². The predicted octanol–water partition coefficient (Wildman–Crippen LogP) is 4.66. The SMILES string of the molecule is Cc1noc(C)c1-c1ccc2c(c1)nc(C1CCC(=O)N1c1cc(F)cc(F)c1)n2[C@@H]1CCN(S(C)(=O)=O)C1. The van der Waals surface area contributed by atoms with Gasteiger partial charge < -0.3 is 14.0 Å². The zero-order valence-electron chi connectivity index (χ0n) is 21.7. The first-order valence-corrected chi connectivity index (χ1v) is 14.5. The van der Waals surface area contributed by atoms with Crippen LogP contribution in [-0.4, -0.2) is 52.7 Å². The second-order valence-electron chi connectivity index (χ2n) is 10.3. The van der Waals surface area contributed by atoms with E-state index in [0.717, 1.165) is 40.5 Å². The van der Waals surface area contributed by atoms with Gasteiger partial charge in [0.05, 0.1) is 40.8 Å². The monoisotopic (exact) mass is 555 g/mol. The number of halogens is 2. The molecule has 2 aliphatic rings. The third-order valence-corrected chi connectivity index (χ3v) is 8.90. The van der Waals surface area contributed by atoms with Gasteiger partial charge in [-0.25, -0.2) is 26.5 Å². The van der Waals surface area contributed by atoms with Gasteiger partial charge >= 0.3 is 0 Å². The first-order valence-electron chi connectivity index (χ1n) is 12.7. The fourth-order valence-corrected chi connectivity index (χ4v) is 6.82. The second-order valence-corrected chi connectivity index (χ2v) is 12.2. The molecule has 12 heteroatoms. The molecule has 4 heterocycles. The number of rotatable bonds is 5. The van der Waals surface area contributed by atoms with Crippen molar-refractivity contribution in [1.29, 1.82) is 0 Å². The molecule has 0 saturated carbocycles. The van der Waals surface area contributed by atoms with Crippen molar-refractivity contribution in [3.05, 3.63) is 65.3 Å². The lowest BCUT2D eigenvalue weighted by Gasteiger charge is -2.27. The Hall–Kier alpha value is -3.64. The van der Waals surface area contributed by atoms with Gasteiger partial charge in [-0.2, -0.15) is 0 Å². The summed E-state index contributed by atoms with van der Waals surface area (Å²) in [5, 5.41) is 4.05. The summed E-state index contributed by atoms with van der Waals surface area (Å²) in [6.07, 6.45) is 2.34. The van der Waals surface area contributed by atoms with E-state index in [1.54, 1.807) is 0 Å². The highest BCUT2D eigenvalue weighted by molar-refractivity contribution is 7.88. The molecule has 9 nitrogen and oxygen atoms in total. The van der Waals surface area contributed by atoms with E-state index in [1.807, 2.05) is 36.6 Å². The van der Waals surface area contributed by atoms with Crippen molar-refractivity contribution < 1.29 is 26.5 Å². The van der Waals surface area contributed by atoms with Gasteiger partial charge in [0.2, 0.25) is 15.9 Å². The van der Waals surface area contributed by atoms with Gasteiger partial charge in [0.1, 0.15) is 23.2 Å². The molecule has 0 aliphatic carbocycles. The molecule has 0 spiro atoms. The van der Waals surface area contributed by atoms with Gasteiger partial charge in [-0.05, 0) is 56.5 Å². The van der Waals surface area contributed by atoms with Crippen LogP contribution in [0.3, 0.4) is 0 Å². The molecular formula is C27H27F2N5O4S. The smallest absolute Gasteiger partial charge is 0.227 e. The molecule has 2 aromatic heterocycles. The number of hydrogen-bond donors (Lipinski definition) is 0. The molecule has 0 bridgehead atoms. The molecule has 1 unspecified atom stereocenters. The van der Waals surface area contributed by atoms with E-state index >= 15 is 0 Å². The fraction of sp³-hybridized carbons (Fsp3) is 0.370. The summed E-state index contributed by atoms with van der Waals surface area (Å²) >= 11 is 0. The summed E-state index contributed by atoms with van der Waals surface area (Å²) in [5.41, 5.74) is 4.04. The van der Waals surface area contributed by atoms with Crippen LogP contribution in [0.1, 0.15) is 48.6 Å². The Labute approximate surface area is 224 Å². The van der Waals surface area contributed by atoms with E-state index in [0.29, 0.717) is 36.5 Å². The van der Waals surface area contributed by atoms with E-state index in [4.69, 9.17) is 9.51 Å². The molecule has 204 valence electrons. The number of carbonyl (C=O) groups is 1. The van der Waals surface area contributed by atoms with Crippen LogP contribution in [0.25, 0.3) is 22.2 Å². The van der Waals surface area contributed by atoms with E-state index < -0.39 is 27.7 Å². The summed E-state index contributed by atoms with van der Waals surface area (Å²) in [5.74, 6) is -0.589. The minimum absolute atomic E-state index is 0.124. The van der Waals surface area contributed by atoms with Crippen LogP contribution in [0, 0.1) is 25.5 Å². The fourth-order valence-electron chi connectivity index (χ4n) is 5.94. The Bertz CT molecular complexity index is 1690. The predicted molar refractivity (Wildman–Crippen MR) is 141 cm³/mol. The number of benzene rings is 2. The molecule has 4 aromatic rings. The molecule has 1 amide bonds. The van der Waals surface area contributed by atoms with E-state index in [-0.39, 0.29) is 30.6 Å². The normalized spacial score (nSPS) is 20.5. The lowest BCUT2D eigenvalue weighted by Crippen LogP contribution is -2.31. The maximum atomic E-state index is 14.2. The van der Waals surface area contributed by atoms with Crippen LogP contribution < -0.4 is 4.90 Å². The van der Waals surface area contributed by atoms with Crippen molar-refractivity contribution in [2.24, 2.45) is 0 Å². The van der Waals surface area contributed by atoms with E-state index in [2.05, 4.69) is 5.16 Å². The number of anilines is 1. The zero-order chi connectivity index (χ0) is 27.6. The number of aryl methyl sites for hydroxylation is 2. The number of hydrogen-bond acceptors (Lipinski definition) is 6. The highest BCUT2D eigenvalue weighted by atomic mass is 32.2. The summed E-state index contributed by atoms with van der Waals surface area (Å²) in [6.45, 7) is 4.32. The number of aromatic nitrogens is 3. The first kappa shape index (κ1) is 25.6. The lowest BCUT2D eigenvalue weighted by atomic mass is 10.0. The average molecular weight is 556 g/mol. The Balaban J connectivity index is 1.52. The van der Waals surface area contributed by atoms with Crippen LogP contribution in [0.4, 0.5) is 14.5 Å². The van der Waals surface area contributed by atoms with Gasteiger partial charge in [-0.1, -0.05) is 11.2 Å². The zero-order valence-corrected chi connectivity index (χ0v) is 22.5. The van der Waals surface area contributed by atoms with Crippen LogP contribution in [-0.2, 0) is 14.8 Å². The Morgan fingerprint density at radius 3 is 2.44 bits per heavy atom. The number of sulfonamides is 1. The van der Waals surface area contributed by atoms with Crippen molar-refractivity contribution in [3.8, 4) is 11.1 Å². The molecule has 2 aromatic carbocycles. The number of carbonyl (C=O) groups excluding carboxylic acids is 1. The number of amides is 1. The lowest BCUT2D eigenvalue weighted by molar-refractivity contribution is -0.117. The highest BCUT2D eigenvalue weighted by Gasteiger charge is 2.40. The molecule has 2 aliphatic heterocycles. The maximum Gasteiger partial charge on any atom is 0.227 e. The standard InChI is InChI=1S/C27H27F2N5O4S/c1-15-26(16(2)38-31-15)17-4-5-23-22(10-17)30-27(34(23)20-8-9-32(14-20)39(3,36)37)24-6-7-25(35)33(24)21-12-18(28)11-19(29)13-21/h4-5,10-13,20,24H,6-9,14H2,1-3H3/t20-,24?/m1/s1. The van der Waals surface area contributed by atoms with Crippen molar-refractivity contribution in [1.82, 2.24) is 19.0 Å². The average Bonchev–Trinajstić information content (AvgIpc) is 3.62. The molecule has 6 rings (SSSR count). The second kappa shape index (κ2) is 9.23. The third-order valence-electron chi connectivity index (χ3n) is 7.63. The molecule has 2 atom stereocenters. The Morgan fingerprint density at radius 2 is 1.79 bits per heavy atom. The largest absolute Gasteiger partial charge is 0.361 e. The van der Waals surface area contributed by atoms with Crippen LogP contribution >= 0.6 is 0 Å². The topological polar surface area (TPSA) is 102 Å². The summed E-state index contributed by atoms with van der Waals surface area (Å²) < 4.78 is 61.7. The van der Waals surface area contributed by atoms with Crippen LogP contribution in [0.15, 0.2) is 40.9 Å². The summed E-state index contributed by atoms with van der Waals surface area (Å²) in [6, 6.07) is 8.04.